The van der Waals surface area contributed by atoms with Gasteiger partial charge in [0.05, 0.1) is 17.0 Å². The van der Waals surface area contributed by atoms with Gasteiger partial charge in [0.2, 0.25) is 5.36 Å². The summed E-state index contributed by atoms with van der Waals surface area (Å²) in [5.41, 5.74) is 2.39. The van der Waals surface area contributed by atoms with Gasteiger partial charge in [0.1, 0.15) is 29.6 Å². The molecule has 1 fully saturated rings. The van der Waals surface area contributed by atoms with Gasteiger partial charge in [0.15, 0.2) is 5.58 Å². The fourth-order valence-electron chi connectivity index (χ4n) is 6.05. The summed E-state index contributed by atoms with van der Waals surface area (Å²) in [7, 11) is 0. The topological polar surface area (TPSA) is 113 Å². The van der Waals surface area contributed by atoms with Crippen LogP contribution in [0.15, 0.2) is 74.3 Å². The molecule has 1 saturated heterocycles. The van der Waals surface area contributed by atoms with Gasteiger partial charge in [-0.15, -0.1) is 5.06 Å². The Bertz CT molecular complexity index is 2120. The van der Waals surface area contributed by atoms with Crippen LogP contribution in [-0.2, 0) is 14.4 Å². The molecule has 0 unspecified atom stereocenters. The lowest BCUT2D eigenvalue weighted by Gasteiger charge is -2.22. The molecule has 2 aromatic heterocycles. The summed E-state index contributed by atoms with van der Waals surface area (Å²) in [5, 5.41) is 2.78. The number of hydrogen-bond acceptors (Lipinski definition) is 8. The second-order valence-electron chi connectivity index (χ2n) is 10.8. The van der Waals surface area contributed by atoms with Crippen LogP contribution in [0.2, 0.25) is 0 Å². The van der Waals surface area contributed by atoms with Gasteiger partial charge in [0.25, 0.3) is 11.8 Å². The van der Waals surface area contributed by atoms with Crippen molar-refractivity contribution in [2.45, 2.75) is 40.5 Å². The van der Waals surface area contributed by atoms with E-state index < -0.39 is 23.4 Å². The molecular formula is C35H34N3O7+. The van der Waals surface area contributed by atoms with Crippen LogP contribution in [0.1, 0.15) is 50.9 Å². The van der Waals surface area contributed by atoms with Crippen molar-refractivity contribution >= 4 is 56.4 Å². The van der Waals surface area contributed by atoms with E-state index in [1.807, 2.05) is 36.4 Å². The van der Waals surface area contributed by atoms with Gasteiger partial charge in [-0.3, -0.25) is 9.59 Å². The summed E-state index contributed by atoms with van der Waals surface area (Å²) in [4.78, 5) is 59.4. The van der Waals surface area contributed by atoms with E-state index in [0.29, 0.717) is 43.7 Å². The van der Waals surface area contributed by atoms with Crippen LogP contribution >= 0.6 is 0 Å². The third-order valence-electron chi connectivity index (χ3n) is 8.39. The lowest BCUT2D eigenvalue weighted by Crippen LogP contribution is -2.32. The number of nitrogens with zero attached hydrogens (tertiary/aromatic N) is 3. The normalized spacial score (nSPS) is 13.3. The summed E-state index contributed by atoms with van der Waals surface area (Å²) < 4.78 is 14.6. The Morgan fingerprint density at radius 3 is 2.20 bits per heavy atom. The molecule has 10 nitrogen and oxygen atoms in total. The van der Waals surface area contributed by atoms with Crippen LogP contribution in [0.4, 0.5) is 5.69 Å². The standard InChI is InChI=1S/C35H34N3O7/c1-5-36(6-2)21-13-15-25-27(19-21)43-33-26-16-14-22(37(7-3)8-4)20-28(26)44-35(42)32(33)31(25)23-11-9-10-12-24(23)34(41)45-38-29(39)17-18-30(38)40/h9-16,19-20H,5-8,17-18H2,1-4H3/q+1. The van der Waals surface area contributed by atoms with E-state index >= 15 is 0 Å². The number of hydrogen-bond donors (Lipinski definition) is 0. The van der Waals surface area contributed by atoms with Crippen LogP contribution in [0.3, 0.4) is 0 Å². The van der Waals surface area contributed by atoms with E-state index in [1.165, 1.54) is 6.07 Å². The van der Waals surface area contributed by atoms with Crippen LogP contribution in [0, 0.1) is 0 Å². The van der Waals surface area contributed by atoms with Crippen LogP contribution < -0.4 is 20.5 Å². The van der Waals surface area contributed by atoms with Gasteiger partial charge in [-0.2, -0.15) is 0 Å². The maximum atomic E-state index is 13.9. The summed E-state index contributed by atoms with van der Waals surface area (Å²) >= 11 is 0. The molecule has 10 heteroatoms. The predicted molar refractivity (Wildman–Crippen MR) is 172 cm³/mol. The number of imide groups is 1. The second-order valence-corrected chi connectivity index (χ2v) is 10.8. The number of anilines is 1. The molecule has 230 valence electrons. The molecule has 1 aliphatic heterocycles. The molecule has 0 aliphatic carbocycles. The first-order chi connectivity index (χ1) is 21.8. The third kappa shape index (κ3) is 5.16. The van der Waals surface area contributed by atoms with E-state index in [2.05, 4.69) is 37.2 Å². The largest absolute Gasteiger partial charge is 0.455 e. The Morgan fingerprint density at radius 2 is 1.51 bits per heavy atom. The van der Waals surface area contributed by atoms with E-state index in [9.17, 15) is 19.2 Å². The van der Waals surface area contributed by atoms with E-state index in [0.717, 1.165) is 37.2 Å². The van der Waals surface area contributed by atoms with Crippen molar-refractivity contribution in [3.05, 3.63) is 82.0 Å². The quantitative estimate of drug-likeness (QED) is 0.0773. The Hall–Kier alpha value is -5.25. The van der Waals surface area contributed by atoms with Gasteiger partial charge >= 0.3 is 11.6 Å². The van der Waals surface area contributed by atoms with Gasteiger partial charge < -0.3 is 18.6 Å². The molecular weight excluding hydrogens is 574 g/mol. The first-order valence-electron chi connectivity index (χ1n) is 15.3. The van der Waals surface area contributed by atoms with Gasteiger partial charge in [-0.25, -0.2) is 14.2 Å². The molecule has 0 N–H and O–H groups in total. The number of amides is 2. The molecule has 0 saturated carbocycles. The second kappa shape index (κ2) is 12.0. The van der Waals surface area contributed by atoms with Crippen LogP contribution in [0.25, 0.3) is 44.0 Å². The zero-order chi connectivity index (χ0) is 31.8. The SMILES string of the molecule is CCN(CC)c1ccc2c(-c3ccccc3C(=O)ON3C(=O)CCC3=O)c3c(=O)oc4cc(=[N+](CC)CC)ccc4c3oc2c1. The number of carbonyl (C=O) groups is 3. The molecule has 0 bridgehead atoms. The highest BCUT2D eigenvalue weighted by Crippen LogP contribution is 2.40. The molecule has 0 spiro atoms. The predicted octanol–water partition coefficient (Wildman–Crippen LogP) is 5.24. The third-order valence-corrected chi connectivity index (χ3v) is 8.39. The van der Waals surface area contributed by atoms with Crippen molar-refractivity contribution in [3.63, 3.8) is 0 Å². The summed E-state index contributed by atoms with van der Waals surface area (Å²) in [5.74, 6) is -2.06. The lowest BCUT2D eigenvalue weighted by molar-refractivity contribution is -0.172. The molecule has 3 aromatic carbocycles. The number of fused-ring (bicyclic) bond motifs is 4. The molecule has 5 aromatic rings. The number of rotatable bonds is 8. The lowest BCUT2D eigenvalue weighted by atomic mass is 9.93. The first kappa shape index (κ1) is 29.8. The maximum absolute atomic E-state index is 13.9. The molecule has 2 amide bonds. The van der Waals surface area contributed by atoms with E-state index in [1.54, 1.807) is 18.2 Å². The highest BCUT2D eigenvalue weighted by atomic mass is 16.7. The number of benzene rings is 3. The number of hydroxylamine groups is 2. The maximum Gasteiger partial charge on any atom is 0.364 e. The molecule has 6 rings (SSSR count). The van der Waals surface area contributed by atoms with Crippen molar-refractivity contribution in [1.29, 1.82) is 0 Å². The fourth-order valence-corrected chi connectivity index (χ4v) is 6.05. The molecule has 45 heavy (non-hydrogen) atoms. The average Bonchev–Trinajstić information content (AvgIpc) is 3.37. The highest BCUT2D eigenvalue weighted by molar-refractivity contribution is 6.16. The van der Waals surface area contributed by atoms with Gasteiger partial charge in [-0.1, -0.05) is 18.2 Å². The van der Waals surface area contributed by atoms with Crippen molar-refractivity contribution in [2.75, 3.05) is 31.1 Å². The smallest absolute Gasteiger partial charge is 0.364 e. The van der Waals surface area contributed by atoms with Crippen molar-refractivity contribution in [3.8, 4) is 11.1 Å². The van der Waals surface area contributed by atoms with E-state index in [4.69, 9.17) is 13.7 Å². The zero-order valence-corrected chi connectivity index (χ0v) is 25.7. The van der Waals surface area contributed by atoms with Crippen molar-refractivity contribution in [2.24, 2.45) is 0 Å². The van der Waals surface area contributed by atoms with Crippen LogP contribution in [-0.4, -0.2) is 49.0 Å². The summed E-state index contributed by atoms with van der Waals surface area (Å²) in [6, 6.07) is 18.0. The van der Waals surface area contributed by atoms with Crippen molar-refractivity contribution < 1.29 is 28.1 Å². The summed E-state index contributed by atoms with van der Waals surface area (Å²) in [6.07, 6.45) is -0.0512. The Kier molecular flexibility index (Phi) is 7.97. The highest BCUT2D eigenvalue weighted by Gasteiger charge is 2.34. The molecule has 3 heterocycles. The van der Waals surface area contributed by atoms with Gasteiger partial charge in [-0.05, 0) is 57.5 Å². The monoisotopic (exact) mass is 608 g/mol. The van der Waals surface area contributed by atoms with E-state index in [-0.39, 0.29) is 23.8 Å². The van der Waals surface area contributed by atoms with Crippen LogP contribution in [0.5, 0.6) is 0 Å². The Labute approximate surface area is 258 Å². The minimum atomic E-state index is -0.898. The fraction of sp³-hybridized carbons (Fsp3) is 0.286. The molecule has 1 aliphatic rings. The minimum absolute atomic E-state index is 0.0256. The molecule has 0 atom stereocenters. The average molecular weight is 609 g/mol. The number of carbonyl (C=O) groups excluding carboxylic acids is 3. The molecule has 0 radical (unpaired) electrons. The Morgan fingerprint density at radius 1 is 0.844 bits per heavy atom. The van der Waals surface area contributed by atoms with Crippen molar-refractivity contribution in [1.82, 2.24) is 9.64 Å². The van der Waals surface area contributed by atoms with Gasteiger partial charge in [0, 0.05) is 54.7 Å². The summed E-state index contributed by atoms with van der Waals surface area (Å²) in [6.45, 7) is 11.4. The Balaban J connectivity index is 1.68. The zero-order valence-electron chi connectivity index (χ0n) is 25.7. The minimum Gasteiger partial charge on any atom is -0.455 e. The first-order valence-corrected chi connectivity index (χ1v) is 15.3.